The van der Waals surface area contributed by atoms with Crippen LogP contribution in [-0.4, -0.2) is 48.0 Å². The fourth-order valence-corrected chi connectivity index (χ4v) is 6.28. The molecule has 2 aromatic rings. The van der Waals surface area contributed by atoms with Crippen LogP contribution in [0.5, 0.6) is 0 Å². The van der Waals surface area contributed by atoms with E-state index in [9.17, 15) is 8.42 Å². The Morgan fingerprint density at radius 3 is 2.52 bits per heavy atom. The van der Waals surface area contributed by atoms with Gasteiger partial charge in [-0.25, -0.2) is 13.4 Å². The third kappa shape index (κ3) is 4.42. The molecule has 29 heavy (non-hydrogen) atoms. The second kappa shape index (κ2) is 8.20. The summed E-state index contributed by atoms with van der Waals surface area (Å²) in [5.74, 6) is 0.141. The Labute approximate surface area is 174 Å². The summed E-state index contributed by atoms with van der Waals surface area (Å²) in [6.07, 6.45) is 9.54. The number of sulfonamides is 1. The molecule has 7 heteroatoms. The molecule has 4 rings (SSSR count). The molecule has 6 nitrogen and oxygen atoms in total. The summed E-state index contributed by atoms with van der Waals surface area (Å²) in [6, 6.07) is 10.4. The molecular weight excluding hydrogens is 384 g/mol. The van der Waals surface area contributed by atoms with Crippen LogP contribution in [0.15, 0.2) is 47.9 Å². The fraction of sp³-hybridized carbons (Fsp3) is 0.591. The average molecular weight is 417 g/mol. The average Bonchev–Trinajstić information content (AvgIpc) is 3.35. The maximum absolute atomic E-state index is 13.2. The molecule has 158 valence electrons. The van der Waals surface area contributed by atoms with Crippen molar-refractivity contribution in [2.45, 2.75) is 56.0 Å². The molecule has 2 heterocycles. The third-order valence-electron chi connectivity index (χ3n) is 6.65. The Bertz CT molecular complexity index is 919. The molecule has 2 atom stereocenters. The first-order valence-corrected chi connectivity index (χ1v) is 12.1. The summed E-state index contributed by atoms with van der Waals surface area (Å²) in [4.78, 5) is 4.10. The minimum Gasteiger partial charge on any atom is -0.339 e. The number of nitrogens with zero attached hydrogens (tertiary/aromatic N) is 3. The molecule has 1 saturated carbocycles. The Hall–Kier alpha value is -1.70. The quantitative estimate of drug-likeness (QED) is 0.786. The van der Waals surface area contributed by atoms with E-state index in [4.69, 9.17) is 0 Å². The van der Waals surface area contributed by atoms with E-state index >= 15 is 0 Å². The molecule has 0 amide bonds. The predicted molar refractivity (Wildman–Crippen MR) is 114 cm³/mol. The highest BCUT2D eigenvalue weighted by Gasteiger charge is 2.41. The highest BCUT2D eigenvalue weighted by Crippen LogP contribution is 2.36. The van der Waals surface area contributed by atoms with Gasteiger partial charge in [0.1, 0.15) is 0 Å². The topological polar surface area (TPSA) is 67.2 Å². The molecule has 1 N–H and O–H groups in total. The van der Waals surface area contributed by atoms with Gasteiger partial charge in [-0.3, -0.25) is 0 Å². The van der Waals surface area contributed by atoms with Crippen molar-refractivity contribution in [1.29, 1.82) is 0 Å². The number of nitrogens with one attached hydrogen (secondary N) is 1. The second-order valence-electron chi connectivity index (χ2n) is 9.08. The summed E-state index contributed by atoms with van der Waals surface area (Å²) in [5.41, 5.74) is 1.50. The molecule has 0 bridgehead atoms. The highest BCUT2D eigenvalue weighted by atomic mass is 32.2. The Balaban J connectivity index is 1.54. The zero-order valence-corrected chi connectivity index (χ0v) is 18.2. The summed E-state index contributed by atoms with van der Waals surface area (Å²) < 4.78 is 29.6. The van der Waals surface area contributed by atoms with Gasteiger partial charge in [-0.1, -0.05) is 56.5 Å². The van der Waals surface area contributed by atoms with Crippen molar-refractivity contribution in [2.24, 2.45) is 12.5 Å². The van der Waals surface area contributed by atoms with E-state index in [1.54, 1.807) is 22.1 Å². The van der Waals surface area contributed by atoms with Crippen molar-refractivity contribution in [3.8, 4) is 0 Å². The van der Waals surface area contributed by atoms with E-state index < -0.39 is 10.0 Å². The molecule has 1 aromatic heterocycles. The van der Waals surface area contributed by atoms with Crippen molar-refractivity contribution in [1.82, 2.24) is 19.2 Å². The van der Waals surface area contributed by atoms with Gasteiger partial charge in [0.25, 0.3) is 10.0 Å². The van der Waals surface area contributed by atoms with Gasteiger partial charge in [0.2, 0.25) is 0 Å². The summed E-state index contributed by atoms with van der Waals surface area (Å²) in [7, 11) is -1.80. The lowest BCUT2D eigenvalue weighted by Crippen LogP contribution is -2.43. The van der Waals surface area contributed by atoms with Crippen LogP contribution >= 0.6 is 0 Å². The van der Waals surface area contributed by atoms with Crippen LogP contribution in [0.25, 0.3) is 0 Å². The maximum atomic E-state index is 13.2. The molecule has 0 radical (unpaired) electrons. The Kier molecular flexibility index (Phi) is 5.82. The summed E-state index contributed by atoms with van der Waals surface area (Å²) in [5, 5.41) is 3.90. The number of imidazole rings is 1. The standard InChI is InChI=1S/C22H32N4O2S/c1-22(11-7-4-8-12-22)16-23-20-14-26(13-19(20)18-9-5-3-6-10-18)29(27,28)21-15-25(2)17-24-21/h3,5-6,9-10,15,17,19-20,23H,4,7-8,11-14,16H2,1-2H3. The van der Waals surface area contributed by atoms with Gasteiger partial charge in [0, 0.05) is 44.8 Å². The molecule has 1 saturated heterocycles. The van der Waals surface area contributed by atoms with Crippen LogP contribution in [0.1, 0.15) is 50.5 Å². The first-order chi connectivity index (χ1) is 13.9. The Morgan fingerprint density at radius 1 is 1.14 bits per heavy atom. The molecule has 1 aromatic carbocycles. The SMILES string of the molecule is Cn1cnc(S(=O)(=O)N2CC(NCC3(C)CCCCC3)C(c3ccccc3)C2)c1. The lowest BCUT2D eigenvalue weighted by atomic mass is 9.75. The second-order valence-corrected chi connectivity index (χ2v) is 11.0. The molecule has 1 aliphatic carbocycles. The zero-order valence-electron chi connectivity index (χ0n) is 17.4. The highest BCUT2D eigenvalue weighted by molar-refractivity contribution is 7.89. The lowest BCUT2D eigenvalue weighted by Gasteiger charge is -2.35. The third-order valence-corrected chi connectivity index (χ3v) is 8.37. The number of aromatic nitrogens is 2. The number of benzene rings is 1. The molecule has 0 spiro atoms. The van der Waals surface area contributed by atoms with Crippen LogP contribution < -0.4 is 5.32 Å². The van der Waals surface area contributed by atoms with Crippen molar-refractivity contribution >= 4 is 10.0 Å². The van der Waals surface area contributed by atoms with E-state index in [1.165, 1.54) is 44.0 Å². The fourth-order valence-electron chi connectivity index (χ4n) is 4.82. The number of aryl methyl sites for hydroxylation is 1. The number of hydrogen-bond acceptors (Lipinski definition) is 4. The summed E-state index contributed by atoms with van der Waals surface area (Å²) >= 11 is 0. The van der Waals surface area contributed by atoms with E-state index in [-0.39, 0.29) is 17.0 Å². The molecule has 2 fully saturated rings. The van der Waals surface area contributed by atoms with Gasteiger partial charge in [-0.05, 0) is 23.8 Å². The van der Waals surface area contributed by atoms with Gasteiger partial charge in [-0.15, -0.1) is 0 Å². The molecule has 1 aliphatic heterocycles. The van der Waals surface area contributed by atoms with E-state index in [1.807, 2.05) is 18.2 Å². The monoisotopic (exact) mass is 416 g/mol. The molecule has 2 aliphatic rings. The minimum absolute atomic E-state index is 0.106. The van der Waals surface area contributed by atoms with Crippen molar-refractivity contribution in [3.05, 3.63) is 48.4 Å². The summed E-state index contributed by atoms with van der Waals surface area (Å²) in [6.45, 7) is 4.28. The molecular formula is C22H32N4O2S. The van der Waals surface area contributed by atoms with Gasteiger partial charge in [0.05, 0.1) is 6.33 Å². The zero-order chi connectivity index (χ0) is 20.5. The number of rotatable bonds is 6. The first-order valence-electron chi connectivity index (χ1n) is 10.6. The van der Waals surface area contributed by atoms with Gasteiger partial charge in [0.15, 0.2) is 5.03 Å². The van der Waals surface area contributed by atoms with Crippen molar-refractivity contribution in [2.75, 3.05) is 19.6 Å². The van der Waals surface area contributed by atoms with Gasteiger partial charge < -0.3 is 9.88 Å². The maximum Gasteiger partial charge on any atom is 0.262 e. The van der Waals surface area contributed by atoms with Crippen LogP contribution in [0, 0.1) is 5.41 Å². The van der Waals surface area contributed by atoms with E-state index in [0.717, 1.165) is 6.54 Å². The van der Waals surface area contributed by atoms with E-state index in [0.29, 0.717) is 18.5 Å². The van der Waals surface area contributed by atoms with Crippen molar-refractivity contribution in [3.63, 3.8) is 0 Å². The van der Waals surface area contributed by atoms with Crippen LogP contribution in [0.4, 0.5) is 0 Å². The largest absolute Gasteiger partial charge is 0.339 e. The van der Waals surface area contributed by atoms with Crippen LogP contribution in [0.3, 0.4) is 0 Å². The van der Waals surface area contributed by atoms with Crippen LogP contribution in [-0.2, 0) is 17.1 Å². The molecule has 2 unspecified atom stereocenters. The Morgan fingerprint density at radius 2 is 1.86 bits per heavy atom. The number of hydrogen-bond donors (Lipinski definition) is 1. The smallest absolute Gasteiger partial charge is 0.262 e. The van der Waals surface area contributed by atoms with Gasteiger partial charge in [-0.2, -0.15) is 4.31 Å². The van der Waals surface area contributed by atoms with Gasteiger partial charge >= 0.3 is 0 Å². The van der Waals surface area contributed by atoms with Crippen LogP contribution in [0.2, 0.25) is 0 Å². The lowest BCUT2D eigenvalue weighted by molar-refractivity contribution is 0.199. The normalized spacial score (nSPS) is 25.3. The van der Waals surface area contributed by atoms with E-state index in [2.05, 4.69) is 29.4 Å². The minimum atomic E-state index is -3.59. The van der Waals surface area contributed by atoms with Crippen molar-refractivity contribution < 1.29 is 8.42 Å². The predicted octanol–water partition coefficient (Wildman–Crippen LogP) is 3.14. The first kappa shape index (κ1) is 20.6.